The Morgan fingerprint density at radius 2 is 2.17 bits per heavy atom. The van der Waals surface area contributed by atoms with Crippen molar-refractivity contribution < 1.29 is 14.0 Å². The molecule has 0 radical (unpaired) electrons. The van der Waals surface area contributed by atoms with Crippen molar-refractivity contribution in [1.29, 1.82) is 0 Å². The van der Waals surface area contributed by atoms with Gasteiger partial charge in [-0.15, -0.1) is 0 Å². The zero-order valence-electron chi connectivity index (χ0n) is 12.4. The quantitative estimate of drug-likeness (QED) is 0.876. The summed E-state index contributed by atoms with van der Waals surface area (Å²) in [4.78, 5) is 30.6. The van der Waals surface area contributed by atoms with Gasteiger partial charge < -0.3 is 14.6 Å². The van der Waals surface area contributed by atoms with Crippen molar-refractivity contribution in [2.75, 3.05) is 11.9 Å². The van der Waals surface area contributed by atoms with E-state index in [4.69, 9.17) is 16.0 Å². The molecule has 0 unspecified atom stereocenters. The van der Waals surface area contributed by atoms with Crippen LogP contribution in [-0.4, -0.2) is 34.3 Å². The summed E-state index contributed by atoms with van der Waals surface area (Å²) in [5.41, 5.74) is 0.440. The van der Waals surface area contributed by atoms with Crippen LogP contribution in [0.25, 0.3) is 0 Å². The average molecular weight is 334 g/mol. The number of hydrogen-bond donors (Lipinski definition) is 1. The molecule has 1 fully saturated rings. The van der Waals surface area contributed by atoms with E-state index in [0.29, 0.717) is 18.7 Å². The third kappa shape index (κ3) is 3.37. The largest absolute Gasteiger partial charge is 0.459 e. The first-order valence-electron chi connectivity index (χ1n) is 7.42. The fraction of sp³-hybridized carbons (Fsp3) is 0.312. The molecule has 1 saturated heterocycles. The van der Waals surface area contributed by atoms with E-state index in [9.17, 15) is 9.59 Å². The van der Waals surface area contributed by atoms with Crippen LogP contribution in [0.15, 0.2) is 41.1 Å². The van der Waals surface area contributed by atoms with E-state index < -0.39 is 6.04 Å². The van der Waals surface area contributed by atoms with Gasteiger partial charge >= 0.3 is 0 Å². The maximum absolute atomic E-state index is 12.6. The highest BCUT2D eigenvalue weighted by Crippen LogP contribution is 2.23. The Morgan fingerprint density at radius 3 is 2.91 bits per heavy atom. The fourth-order valence-corrected chi connectivity index (χ4v) is 2.85. The summed E-state index contributed by atoms with van der Waals surface area (Å²) in [6.07, 6.45) is 5.35. The third-order valence-corrected chi connectivity index (χ3v) is 4.12. The zero-order valence-corrected chi connectivity index (χ0v) is 13.1. The Kier molecular flexibility index (Phi) is 4.62. The number of rotatable bonds is 3. The van der Waals surface area contributed by atoms with E-state index in [2.05, 4.69) is 10.3 Å². The van der Waals surface area contributed by atoms with Crippen LogP contribution in [0.2, 0.25) is 5.15 Å². The lowest BCUT2D eigenvalue weighted by Gasteiger charge is -2.34. The third-order valence-electron chi connectivity index (χ3n) is 3.82. The minimum atomic E-state index is -0.544. The monoisotopic (exact) mass is 333 g/mol. The Labute approximate surface area is 138 Å². The van der Waals surface area contributed by atoms with Crippen molar-refractivity contribution in [3.63, 3.8) is 0 Å². The summed E-state index contributed by atoms with van der Waals surface area (Å²) < 4.78 is 5.16. The number of furan rings is 1. The molecule has 23 heavy (non-hydrogen) atoms. The molecule has 3 rings (SSSR count). The van der Waals surface area contributed by atoms with E-state index in [-0.39, 0.29) is 22.7 Å². The van der Waals surface area contributed by atoms with Crippen LogP contribution < -0.4 is 5.32 Å². The number of nitrogens with one attached hydrogen (secondary N) is 1. The molecule has 0 spiro atoms. The average Bonchev–Trinajstić information content (AvgIpc) is 3.11. The van der Waals surface area contributed by atoms with Crippen LogP contribution >= 0.6 is 11.6 Å². The number of likely N-dealkylation sites (tertiary alicyclic amines) is 1. The molecule has 0 saturated carbocycles. The second-order valence-corrected chi connectivity index (χ2v) is 5.68. The topological polar surface area (TPSA) is 75.4 Å². The minimum absolute atomic E-state index is 0.223. The second kappa shape index (κ2) is 6.83. The lowest BCUT2D eigenvalue weighted by atomic mass is 10.0. The SMILES string of the molecule is O=C(Nc1cccnc1Cl)[C@H]1CCCCN1C(=O)c1ccco1. The number of aromatic nitrogens is 1. The zero-order chi connectivity index (χ0) is 16.2. The Bertz CT molecular complexity index is 702. The first-order valence-corrected chi connectivity index (χ1v) is 7.80. The van der Waals surface area contributed by atoms with Crippen molar-refractivity contribution in [3.05, 3.63) is 47.6 Å². The number of halogens is 1. The molecule has 3 heterocycles. The molecule has 6 nitrogen and oxygen atoms in total. The maximum atomic E-state index is 12.6. The van der Waals surface area contributed by atoms with Crippen molar-refractivity contribution in [1.82, 2.24) is 9.88 Å². The normalized spacial score (nSPS) is 17.8. The minimum Gasteiger partial charge on any atom is -0.459 e. The van der Waals surface area contributed by atoms with Crippen LogP contribution in [-0.2, 0) is 4.79 Å². The van der Waals surface area contributed by atoms with E-state index in [0.717, 1.165) is 12.8 Å². The molecular weight excluding hydrogens is 318 g/mol. The van der Waals surface area contributed by atoms with Crippen molar-refractivity contribution in [2.24, 2.45) is 0 Å². The molecule has 2 amide bonds. The number of piperidine rings is 1. The van der Waals surface area contributed by atoms with Crippen LogP contribution in [0.3, 0.4) is 0 Å². The number of amides is 2. The van der Waals surface area contributed by atoms with Crippen molar-refractivity contribution >= 4 is 29.1 Å². The van der Waals surface area contributed by atoms with Gasteiger partial charge in [0.25, 0.3) is 5.91 Å². The number of carbonyl (C=O) groups is 2. The summed E-state index contributed by atoms with van der Waals surface area (Å²) in [5, 5.41) is 2.97. The first-order chi connectivity index (χ1) is 11.2. The Morgan fingerprint density at radius 1 is 1.30 bits per heavy atom. The summed E-state index contributed by atoms with van der Waals surface area (Å²) in [6.45, 7) is 0.526. The van der Waals surface area contributed by atoms with Gasteiger partial charge in [0.15, 0.2) is 10.9 Å². The highest BCUT2D eigenvalue weighted by Gasteiger charge is 2.33. The van der Waals surface area contributed by atoms with Gasteiger partial charge in [-0.2, -0.15) is 0 Å². The molecular formula is C16H16ClN3O3. The fourth-order valence-electron chi connectivity index (χ4n) is 2.68. The van der Waals surface area contributed by atoms with Crippen molar-refractivity contribution in [3.8, 4) is 0 Å². The molecule has 1 aliphatic heterocycles. The van der Waals surface area contributed by atoms with E-state index in [1.165, 1.54) is 6.26 Å². The Hall–Kier alpha value is -2.34. The standard InChI is InChI=1S/C16H16ClN3O3/c17-14-11(5-3-8-18-14)19-15(21)12-6-1-2-9-20(12)16(22)13-7-4-10-23-13/h3-5,7-8,10,12H,1-2,6,9H2,(H,19,21)/t12-/m1/s1. The molecule has 0 bridgehead atoms. The van der Waals surface area contributed by atoms with E-state index >= 15 is 0 Å². The number of pyridine rings is 1. The molecule has 2 aromatic rings. The van der Waals surface area contributed by atoms with Gasteiger partial charge in [-0.05, 0) is 43.5 Å². The lowest BCUT2D eigenvalue weighted by molar-refractivity contribution is -0.121. The summed E-state index contributed by atoms with van der Waals surface area (Å²) in [5.74, 6) is -0.296. The summed E-state index contributed by atoms with van der Waals surface area (Å²) in [7, 11) is 0. The van der Waals surface area contributed by atoms with Gasteiger partial charge in [0.1, 0.15) is 6.04 Å². The Balaban J connectivity index is 1.77. The summed E-state index contributed by atoms with van der Waals surface area (Å²) in [6, 6.07) is 6.08. The van der Waals surface area contributed by atoms with Gasteiger partial charge in [0.2, 0.25) is 5.91 Å². The molecule has 2 aromatic heterocycles. The van der Waals surface area contributed by atoms with E-state index in [1.807, 2.05) is 0 Å². The van der Waals surface area contributed by atoms with Gasteiger partial charge in [0.05, 0.1) is 12.0 Å². The lowest BCUT2D eigenvalue weighted by Crippen LogP contribution is -2.50. The number of carbonyl (C=O) groups excluding carboxylic acids is 2. The number of nitrogens with zero attached hydrogens (tertiary/aromatic N) is 2. The smallest absolute Gasteiger partial charge is 0.290 e. The molecule has 7 heteroatoms. The summed E-state index contributed by atoms with van der Waals surface area (Å²) >= 11 is 5.97. The van der Waals surface area contributed by atoms with Gasteiger partial charge in [-0.25, -0.2) is 4.98 Å². The molecule has 1 N–H and O–H groups in total. The van der Waals surface area contributed by atoms with Gasteiger partial charge in [-0.1, -0.05) is 11.6 Å². The number of hydrogen-bond acceptors (Lipinski definition) is 4. The predicted octanol–water partition coefficient (Wildman–Crippen LogP) is 2.96. The molecule has 0 aromatic carbocycles. The van der Waals surface area contributed by atoms with Crippen LogP contribution in [0.4, 0.5) is 5.69 Å². The van der Waals surface area contributed by atoms with Gasteiger partial charge in [-0.3, -0.25) is 9.59 Å². The first kappa shape index (κ1) is 15.6. The highest BCUT2D eigenvalue weighted by molar-refractivity contribution is 6.32. The maximum Gasteiger partial charge on any atom is 0.290 e. The van der Waals surface area contributed by atoms with Crippen LogP contribution in [0.5, 0.6) is 0 Å². The molecule has 1 aliphatic rings. The molecule has 120 valence electrons. The number of anilines is 1. The van der Waals surface area contributed by atoms with Gasteiger partial charge in [0, 0.05) is 12.7 Å². The second-order valence-electron chi connectivity index (χ2n) is 5.32. The predicted molar refractivity (Wildman–Crippen MR) is 85.3 cm³/mol. The van der Waals surface area contributed by atoms with Crippen molar-refractivity contribution in [2.45, 2.75) is 25.3 Å². The highest BCUT2D eigenvalue weighted by atomic mass is 35.5. The van der Waals surface area contributed by atoms with Crippen LogP contribution in [0, 0.1) is 0 Å². The van der Waals surface area contributed by atoms with E-state index in [1.54, 1.807) is 35.4 Å². The molecule has 0 aliphatic carbocycles. The molecule has 1 atom stereocenters. The van der Waals surface area contributed by atoms with Crippen LogP contribution in [0.1, 0.15) is 29.8 Å².